The van der Waals surface area contributed by atoms with Crippen LogP contribution in [0.15, 0.2) is 143 Å². The quantitative estimate of drug-likeness (QED) is 0.0593. The van der Waals surface area contributed by atoms with E-state index in [1.807, 2.05) is 80.6 Å². The summed E-state index contributed by atoms with van der Waals surface area (Å²) in [5.41, 5.74) is 12.3. The van der Waals surface area contributed by atoms with Crippen LogP contribution >= 0.6 is 0 Å². The van der Waals surface area contributed by atoms with Crippen molar-refractivity contribution in [1.29, 1.82) is 0 Å². The fourth-order valence-corrected chi connectivity index (χ4v) is 11.6. The highest BCUT2D eigenvalue weighted by atomic mass is 32.2. The number of sulfonamides is 2. The largest absolute Gasteiger partial charge is 0.457 e. The molecular formula is C61H72N6O7S2. The van der Waals surface area contributed by atoms with Crippen molar-refractivity contribution in [3.63, 3.8) is 0 Å². The average molecular weight is 1070 g/mol. The smallest absolute Gasteiger partial charge is 0.264 e. The van der Waals surface area contributed by atoms with Gasteiger partial charge in [0, 0.05) is 31.4 Å². The number of aromatic nitrogens is 2. The molecule has 1 aromatic heterocycles. The predicted molar refractivity (Wildman–Crippen MR) is 302 cm³/mol. The molecule has 76 heavy (non-hydrogen) atoms. The number of H-pyrrole nitrogens is 1. The van der Waals surface area contributed by atoms with Crippen molar-refractivity contribution in [2.45, 2.75) is 121 Å². The summed E-state index contributed by atoms with van der Waals surface area (Å²) in [5, 5.41) is 7.12. The molecule has 7 aromatic rings. The fourth-order valence-electron chi connectivity index (χ4n) is 9.60. The van der Waals surface area contributed by atoms with Crippen LogP contribution in [0.25, 0.3) is 22.4 Å². The van der Waals surface area contributed by atoms with Crippen LogP contribution in [0.3, 0.4) is 0 Å². The van der Waals surface area contributed by atoms with Gasteiger partial charge in [-0.15, -0.1) is 0 Å². The molecule has 7 rings (SSSR count). The standard InChI is InChI=1S/C61H72N6O7S2/c1-39(2)53-30-47(31-54(40(3)4)57(53)34-60(68)64-75(70,71)51-23-15-43(16-24-51)36-66(9)10)46-19-21-49(22-20-46)74-50-14-12-13-45(29-50)38-67(11)37-44-17-25-52(26-18-44)76(72,73)65-61(69)35-58-55(41(5)6)32-48(33-56(58)42(7)8)59-27-28-62-63-59/h12-33,39-42H,34-38H2,1-11H3,(H,62,63)(H,64,68)(H,65,69). The second-order valence-electron chi connectivity index (χ2n) is 21.2. The molecular weight excluding hydrogens is 993 g/mol. The first kappa shape index (κ1) is 56.8. The minimum Gasteiger partial charge on any atom is -0.457 e. The Bertz CT molecular complexity index is 3310. The van der Waals surface area contributed by atoms with Gasteiger partial charge in [0.15, 0.2) is 0 Å². The average Bonchev–Trinajstić information content (AvgIpc) is 3.90. The van der Waals surface area contributed by atoms with Crippen LogP contribution in [0.1, 0.15) is 129 Å². The van der Waals surface area contributed by atoms with Gasteiger partial charge in [0.25, 0.3) is 20.0 Å². The highest BCUT2D eigenvalue weighted by Gasteiger charge is 2.25. The normalized spacial score (nSPS) is 12.1. The van der Waals surface area contributed by atoms with Crippen molar-refractivity contribution in [2.75, 3.05) is 21.1 Å². The summed E-state index contributed by atoms with van der Waals surface area (Å²) in [6, 6.07) is 39.2. The van der Waals surface area contributed by atoms with E-state index in [4.69, 9.17) is 4.74 Å². The summed E-state index contributed by atoms with van der Waals surface area (Å²) >= 11 is 0. The lowest BCUT2D eigenvalue weighted by atomic mass is 9.84. The molecule has 0 spiro atoms. The van der Waals surface area contributed by atoms with E-state index in [1.165, 1.54) is 24.3 Å². The van der Waals surface area contributed by atoms with E-state index in [2.05, 4.69) is 104 Å². The van der Waals surface area contributed by atoms with E-state index in [9.17, 15) is 26.4 Å². The van der Waals surface area contributed by atoms with E-state index >= 15 is 0 Å². The summed E-state index contributed by atoms with van der Waals surface area (Å²) in [6.07, 6.45) is 1.55. The lowest BCUT2D eigenvalue weighted by molar-refractivity contribution is -0.119. The van der Waals surface area contributed by atoms with Gasteiger partial charge in [-0.2, -0.15) is 5.10 Å². The van der Waals surface area contributed by atoms with Crippen LogP contribution < -0.4 is 14.2 Å². The molecule has 6 aromatic carbocycles. The first-order valence-electron chi connectivity index (χ1n) is 25.8. The monoisotopic (exact) mass is 1060 g/mol. The number of rotatable bonds is 22. The lowest BCUT2D eigenvalue weighted by Gasteiger charge is -2.22. The topological polar surface area (TPSA) is 171 Å². The Balaban J connectivity index is 0.959. The molecule has 0 fully saturated rings. The highest BCUT2D eigenvalue weighted by Crippen LogP contribution is 2.37. The molecule has 0 aliphatic heterocycles. The van der Waals surface area contributed by atoms with Crippen LogP contribution in [-0.4, -0.2) is 69.8 Å². The minimum absolute atomic E-state index is 0.0123. The maximum atomic E-state index is 13.5. The Morgan fingerprint density at radius 1 is 0.513 bits per heavy atom. The number of benzene rings is 6. The van der Waals surface area contributed by atoms with Crippen LogP contribution in [0.5, 0.6) is 11.5 Å². The van der Waals surface area contributed by atoms with Crippen LogP contribution in [0, 0.1) is 0 Å². The van der Waals surface area contributed by atoms with Crippen molar-refractivity contribution in [1.82, 2.24) is 29.4 Å². The minimum atomic E-state index is -4.13. The van der Waals surface area contributed by atoms with E-state index in [1.54, 1.807) is 30.5 Å². The summed E-state index contributed by atoms with van der Waals surface area (Å²) in [4.78, 5) is 31.1. The molecule has 0 atom stereocenters. The lowest BCUT2D eigenvalue weighted by Crippen LogP contribution is -2.32. The molecule has 0 radical (unpaired) electrons. The van der Waals surface area contributed by atoms with Gasteiger partial charge >= 0.3 is 0 Å². The predicted octanol–water partition coefficient (Wildman–Crippen LogP) is 11.8. The number of nitrogens with one attached hydrogen (secondary N) is 3. The third kappa shape index (κ3) is 14.5. The summed E-state index contributed by atoms with van der Waals surface area (Å²) < 4.78 is 64.5. The van der Waals surface area contributed by atoms with E-state index < -0.39 is 31.9 Å². The van der Waals surface area contributed by atoms with Crippen molar-refractivity contribution in [3.8, 4) is 33.9 Å². The zero-order valence-electron chi connectivity index (χ0n) is 45.6. The zero-order chi connectivity index (χ0) is 55.1. The molecule has 0 bridgehead atoms. The van der Waals surface area contributed by atoms with Crippen LogP contribution in [0.2, 0.25) is 0 Å². The van der Waals surface area contributed by atoms with E-state index in [0.717, 1.165) is 72.5 Å². The number of aromatic amines is 1. The molecule has 400 valence electrons. The summed E-state index contributed by atoms with van der Waals surface area (Å²) in [7, 11) is -2.32. The zero-order valence-corrected chi connectivity index (χ0v) is 47.2. The van der Waals surface area contributed by atoms with Crippen LogP contribution in [-0.2, 0) is 62.1 Å². The Hall–Kier alpha value is -6.91. The molecule has 0 unspecified atom stereocenters. The van der Waals surface area contributed by atoms with Crippen molar-refractivity contribution < 1.29 is 31.2 Å². The third-order valence-corrected chi connectivity index (χ3v) is 16.1. The SMILES string of the molecule is CC(C)c1cc(-c2ccc(Oc3cccc(CN(C)Cc4ccc(S(=O)(=O)NC(=O)Cc5c(C(C)C)cc(-c6ccn[nH]6)cc5C(C)C)cc4)c3)cc2)cc(C(C)C)c1CC(=O)NS(=O)(=O)c1ccc(CN(C)C)cc1. The van der Waals surface area contributed by atoms with Gasteiger partial charge in [-0.1, -0.05) is 116 Å². The number of carbonyl (C=O) groups excluding carboxylic acids is 2. The first-order chi connectivity index (χ1) is 36.0. The molecule has 15 heteroatoms. The fraction of sp³-hybridized carbons (Fsp3) is 0.328. The number of hydrogen-bond acceptors (Lipinski definition) is 10. The number of hydrogen-bond donors (Lipinski definition) is 3. The molecule has 0 aliphatic rings. The van der Waals surface area contributed by atoms with Crippen molar-refractivity contribution in [3.05, 3.63) is 184 Å². The second-order valence-corrected chi connectivity index (χ2v) is 24.6. The summed E-state index contributed by atoms with van der Waals surface area (Å²) in [5.74, 6) is 0.487. The Morgan fingerprint density at radius 2 is 0.961 bits per heavy atom. The van der Waals surface area contributed by atoms with Gasteiger partial charge in [-0.25, -0.2) is 26.3 Å². The number of nitrogens with zero attached hydrogens (tertiary/aromatic N) is 3. The van der Waals surface area contributed by atoms with E-state index in [-0.39, 0.29) is 46.3 Å². The maximum Gasteiger partial charge on any atom is 0.264 e. The first-order valence-corrected chi connectivity index (χ1v) is 28.8. The molecule has 0 saturated heterocycles. The maximum absolute atomic E-state index is 13.5. The number of carbonyl (C=O) groups is 2. The van der Waals surface area contributed by atoms with Gasteiger partial charge in [0.2, 0.25) is 11.8 Å². The molecule has 1 heterocycles. The second kappa shape index (κ2) is 24.4. The Morgan fingerprint density at radius 3 is 1.39 bits per heavy atom. The van der Waals surface area contributed by atoms with Gasteiger partial charge in [0.1, 0.15) is 11.5 Å². The molecule has 3 N–H and O–H groups in total. The van der Waals surface area contributed by atoms with Crippen molar-refractivity contribution in [2.24, 2.45) is 0 Å². The van der Waals surface area contributed by atoms with Crippen molar-refractivity contribution >= 4 is 31.9 Å². The van der Waals surface area contributed by atoms with Gasteiger partial charge in [0.05, 0.1) is 28.3 Å². The van der Waals surface area contributed by atoms with E-state index in [0.29, 0.717) is 31.1 Å². The van der Waals surface area contributed by atoms with Gasteiger partial charge < -0.3 is 9.64 Å². The number of ether oxygens (including phenoxy) is 1. The summed E-state index contributed by atoms with van der Waals surface area (Å²) in [6.45, 7) is 18.4. The molecule has 13 nitrogen and oxygen atoms in total. The Labute approximate surface area is 450 Å². The Kier molecular flexibility index (Phi) is 18.2. The third-order valence-electron chi connectivity index (χ3n) is 13.3. The highest BCUT2D eigenvalue weighted by molar-refractivity contribution is 7.90. The molecule has 2 amide bonds. The molecule has 0 aliphatic carbocycles. The van der Waals surface area contributed by atoms with Gasteiger partial charge in [-0.3, -0.25) is 19.6 Å². The van der Waals surface area contributed by atoms with Gasteiger partial charge in [-0.05, 0) is 173 Å². The van der Waals surface area contributed by atoms with Crippen LogP contribution in [0.4, 0.5) is 0 Å². The molecule has 0 saturated carbocycles. The number of amides is 2.